The second-order valence-electron chi connectivity index (χ2n) is 6.38. The van der Waals surface area contributed by atoms with E-state index in [1.807, 2.05) is 11.4 Å². The van der Waals surface area contributed by atoms with Crippen molar-refractivity contribution in [1.82, 2.24) is 4.98 Å². The molecule has 2 aromatic heterocycles. The minimum atomic E-state index is -0.444. The molecule has 4 rings (SSSR count). The SMILES string of the molecule is Cc1ccc(-c2csc(NC(=O)c3cc4cc([N+](=O)[O-])ccc4s3)n2)cc1C. The first-order valence-electron chi connectivity index (χ1n) is 8.43. The van der Waals surface area contributed by atoms with Crippen molar-refractivity contribution in [3.63, 3.8) is 0 Å². The van der Waals surface area contributed by atoms with Crippen molar-refractivity contribution in [1.29, 1.82) is 0 Å². The van der Waals surface area contributed by atoms with Crippen LogP contribution in [0.1, 0.15) is 20.8 Å². The van der Waals surface area contributed by atoms with Crippen LogP contribution in [0.15, 0.2) is 47.8 Å². The quantitative estimate of drug-likeness (QED) is 0.341. The molecule has 140 valence electrons. The number of hydrogen-bond donors (Lipinski definition) is 1. The molecule has 0 bridgehead atoms. The van der Waals surface area contributed by atoms with Gasteiger partial charge in [0.1, 0.15) is 0 Å². The van der Waals surface area contributed by atoms with Crippen LogP contribution in [0, 0.1) is 24.0 Å². The lowest BCUT2D eigenvalue weighted by atomic mass is 10.1. The number of carbonyl (C=O) groups excluding carboxylic acids is 1. The molecule has 0 radical (unpaired) electrons. The van der Waals surface area contributed by atoms with Crippen LogP contribution < -0.4 is 5.32 Å². The van der Waals surface area contributed by atoms with Crippen LogP contribution in [-0.4, -0.2) is 15.8 Å². The van der Waals surface area contributed by atoms with Crippen molar-refractivity contribution in [2.24, 2.45) is 0 Å². The number of benzene rings is 2. The smallest absolute Gasteiger partial charge is 0.270 e. The zero-order chi connectivity index (χ0) is 19.8. The first-order chi connectivity index (χ1) is 13.4. The fraction of sp³-hybridized carbons (Fsp3) is 0.100. The molecule has 0 aliphatic heterocycles. The molecule has 0 saturated heterocycles. The van der Waals surface area contributed by atoms with Gasteiger partial charge in [0.15, 0.2) is 5.13 Å². The maximum absolute atomic E-state index is 12.6. The highest BCUT2D eigenvalue weighted by atomic mass is 32.1. The lowest BCUT2D eigenvalue weighted by Crippen LogP contribution is -2.09. The summed E-state index contributed by atoms with van der Waals surface area (Å²) in [7, 11) is 0. The highest BCUT2D eigenvalue weighted by Crippen LogP contribution is 2.31. The Balaban J connectivity index is 1.55. The summed E-state index contributed by atoms with van der Waals surface area (Å²) in [6, 6.07) is 12.4. The molecule has 0 unspecified atom stereocenters. The van der Waals surface area contributed by atoms with Crippen LogP contribution in [0.4, 0.5) is 10.8 Å². The van der Waals surface area contributed by atoms with Crippen molar-refractivity contribution in [3.05, 3.63) is 74.0 Å². The Bertz CT molecular complexity index is 1230. The van der Waals surface area contributed by atoms with Crippen molar-refractivity contribution in [2.75, 3.05) is 5.32 Å². The number of carbonyl (C=O) groups is 1. The first kappa shape index (κ1) is 18.3. The Hall–Kier alpha value is -3.10. The van der Waals surface area contributed by atoms with Crippen LogP contribution in [0.25, 0.3) is 21.3 Å². The highest BCUT2D eigenvalue weighted by Gasteiger charge is 2.15. The number of aromatic nitrogens is 1. The third-order valence-corrected chi connectivity index (χ3v) is 6.33. The number of rotatable bonds is 4. The largest absolute Gasteiger partial charge is 0.297 e. The van der Waals surface area contributed by atoms with Gasteiger partial charge in [0.25, 0.3) is 11.6 Å². The standard InChI is InChI=1S/C20H15N3O3S2/c1-11-3-4-13(7-12(11)2)16-10-27-20(21-16)22-19(24)18-9-14-8-15(23(25)26)5-6-17(14)28-18/h3-10H,1-2H3,(H,21,22,24). The minimum Gasteiger partial charge on any atom is -0.297 e. The molecule has 1 amide bonds. The number of nitro benzene ring substituents is 1. The van der Waals surface area contributed by atoms with E-state index < -0.39 is 4.92 Å². The maximum Gasteiger partial charge on any atom is 0.270 e. The molecule has 4 aromatic rings. The number of aryl methyl sites for hydroxylation is 2. The van der Waals surface area contributed by atoms with Crippen molar-refractivity contribution < 1.29 is 9.72 Å². The van der Waals surface area contributed by atoms with Gasteiger partial charge in [-0.1, -0.05) is 12.1 Å². The van der Waals surface area contributed by atoms with Crippen molar-refractivity contribution >= 4 is 49.5 Å². The topological polar surface area (TPSA) is 85.1 Å². The van der Waals surface area contributed by atoms with E-state index in [4.69, 9.17) is 0 Å². The van der Waals surface area contributed by atoms with Gasteiger partial charge in [-0.25, -0.2) is 4.98 Å². The Morgan fingerprint density at radius 1 is 1.11 bits per heavy atom. The third kappa shape index (κ3) is 3.51. The molecule has 0 aliphatic rings. The Morgan fingerprint density at radius 2 is 1.93 bits per heavy atom. The highest BCUT2D eigenvalue weighted by molar-refractivity contribution is 7.21. The van der Waals surface area contributed by atoms with Crippen LogP contribution >= 0.6 is 22.7 Å². The number of non-ortho nitro benzene ring substituents is 1. The second-order valence-corrected chi connectivity index (χ2v) is 8.32. The number of thiazole rings is 1. The van der Waals surface area contributed by atoms with Gasteiger partial charge in [-0.05, 0) is 43.2 Å². The summed E-state index contributed by atoms with van der Waals surface area (Å²) in [6.07, 6.45) is 0. The van der Waals surface area contributed by atoms with Crippen molar-refractivity contribution in [3.8, 4) is 11.3 Å². The summed E-state index contributed by atoms with van der Waals surface area (Å²) in [5.74, 6) is -0.273. The number of hydrogen-bond acceptors (Lipinski definition) is 6. The van der Waals surface area contributed by atoms with E-state index in [0.29, 0.717) is 15.4 Å². The Kier molecular flexibility index (Phi) is 4.66. The number of nitrogens with one attached hydrogen (secondary N) is 1. The van der Waals surface area contributed by atoms with Gasteiger partial charge in [-0.15, -0.1) is 22.7 Å². The van der Waals surface area contributed by atoms with Crippen LogP contribution in [-0.2, 0) is 0 Å². The summed E-state index contributed by atoms with van der Waals surface area (Å²) < 4.78 is 0.825. The van der Waals surface area contributed by atoms with E-state index in [2.05, 4.69) is 36.3 Å². The van der Waals surface area contributed by atoms with Crippen molar-refractivity contribution in [2.45, 2.75) is 13.8 Å². The molecule has 0 spiro atoms. The monoisotopic (exact) mass is 409 g/mol. The molecule has 2 aromatic carbocycles. The number of amides is 1. The van der Waals surface area contributed by atoms with Gasteiger partial charge < -0.3 is 0 Å². The van der Waals surface area contributed by atoms with Crippen LogP contribution in [0.3, 0.4) is 0 Å². The van der Waals surface area contributed by atoms with Gasteiger partial charge in [-0.3, -0.25) is 20.2 Å². The maximum atomic E-state index is 12.6. The number of thiophene rings is 1. The van der Waals surface area contributed by atoms with Gasteiger partial charge in [0.2, 0.25) is 0 Å². The molecular formula is C20H15N3O3S2. The molecule has 1 N–H and O–H groups in total. The molecule has 0 fully saturated rings. The average Bonchev–Trinajstić information content (AvgIpc) is 3.30. The molecule has 0 atom stereocenters. The van der Waals surface area contributed by atoms with E-state index >= 15 is 0 Å². The summed E-state index contributed by atoms with van der Waals surface area (Å²) >= 11 is 2.66. The summed E-state index contributed by atoms with van der Waals surface area (Å²) in [4.78, 5) is 28.0. The zero-order valence-corrected chi connectivity index (χ0v) is 16.7. The Labute approximate surface area is 168 Å². The predicted octanol–water partition coefficient (Wildman–Crippen LogP) is 5.80. The zero-order valence-electron chi connectivity index (χ0n) is 15.1. The molecule has 8 heteroatoms. The number of anilines is 1. The molecule has 2 heterocycles. The Morgan fingerprint density at radius 3 is 2.68 bits per heavy atom. The third-order valence-electron chi connectivity index (χ3n) is 4.46. The van der Waals surface area contributed by atoms with Gasteiger partial charge in [0.05, 0.1) is 15.5 Å². The molecule has 28 heavy (non-hydrogen) atoms. The summed E-state index contributed by atoms with van der Waals surface area (Å²) in [6.45, 7) is 4.12. The van der Waals surface area contributed by atoms with Crippen LogP contribution in [0.2, 0.25) is 0 Å². The summed E-state index contributed by atoms with van der Waals surface area (Å²) in [5, 5.41) is 16.8. The molecular weight excluding hydrogens is 394 g/mol. The van der Waals surface area contributed by atoms with E-state index in [0.717, 1.165) is 16.0 Å². The van der Waals surface area contributed by atoms with E-state index in [1.54, 1.807) is 12.1 Å². The normalized spacial score (nSPS) is 10.9. The number of nitro groups is 1. The van der Waals surface area contributed by atoms with Crippen LogP contribution in [0.5, 0.6) is 0 Å². The van der Waals surface area contributed by atoms with Gasteiger partial charge in [-0.2, -0.15) is 0 Å². The lowest BCUT2D eigenvalue weighted by molar-refractivity contribution is -0.384. The van der Waals surface area contributed by atoms with Gasteiger partial charge in [0, 0.05) is 33.2 Å². The van der Waals surface area contributed by atoms with E-state index in [-0.39, 0.29) is 11.6 Å². The molecule has 6 nitrogen and oxygen atoms in total. The lowest BCUT2D eigenvalue weighted by Gasteiger charge is -2.02. The number of fused-ring (bicyclic) bond motifs is 1. The average molecular weight is 409 g/mol. The summed E-state index contributed by atoms with van der Waals surface area (Å²) in [5.41, 5.74) is 4.24. The number of nitrogens with zero attached hydrogens (tertiary/aromatic N) is 2. The van der Waals surface area contributed by atoms with E-state index in [1.165, 1.54) is 45.9 Å². The molecule has 0 aliphatic carbocycles. The van der Waals surface area contributed by atoms with E-state index in [9.17, 15) is 14.9 Å². The fourth-order valence-corrected chi connectivity index (χ4v) is 4.43. The second kappa shape index (κ2) is 7.14. The molecule has 0 saturated carbocycles. The first-order valence-corrected chi connectivity index (χ1v) is 10.1. The predicted molar refractivity (Wildman–Crippen MR) is 113 cm³/mol. The van der Waals surface area contributed by atoms with Gasteiger partial charge >= 0.3 is 0 Å². The minimum absolute atomic E-state index is 0.00946. The fourth-order valence-electron chi connectivity index (χ4n) is 2.78.